The second-order valence-corrected chi connectivity index (χ2v) is 14.3. The minimum absolute atomic E-state index is 0.0398. The number of carbonyl (C=O) groups is 2. The Hall–Kier alpha value is -4.24. The third kappa shape index (κ3) is 7.02. The highest BCUT2D eigenvalue weighted by Crippen LogP contribution is 2.37. The van der Waals surface area contributed by atoms with Crippen molar-refractivity contribution in [3.05, 3.63) is 127 Å². The molecule has 6 aromatic rings. The number of aromatic nitrogens is 2. The van der Waals surface area contributed by atoms with Gasteiger partial charge in [-0.1, -0.05) is 82.8 Å². The Morgan fingerprint density at radius 1 is 0.667 bits per heavy atom. The molecule has 7 nitrogen and oxygen atoms in total. The molecule has 0 radical (unpaired) electrons. The summed E-state index contributed by atoms with van der Waals surface area (Å²) in [5, 5.41) is 6.71. The van der Waals surface area contributed by atoms with Gasteiger partial charge in [0.1, 0.15) is 0 Å². The van der Waals surface area contributed by atoms with Gasteiger partial charge in [0.15, 0.2) is 0 Å². The molecule has 11 heteroatoms. The van der Waals surface area contributed by atoms with Crippen LogP contribution in [0.1, 0.15) is 31.8 Å². The maximum absolute atomic E-state index is 14.2. The lowest BCUT2D eigenvalue weighted by molar-refractivity contribution is 0.0639. The summed E-state index contributed by atoms with van der Waals surface area (Å²) in [5.41, 5.74) is 6.87. The number of piperazine rings is 1. The van der Waals surface area contributed by atoms with Crippen LogP contribution in [0.3, 0.4) is 0 Å². The summed E-state index contributed by atoms with van der Waals surface area (Å²) >= 11 is 25.5. The quantitative estimate of drug-likeness (QED) is 0.176. The van der Waals surface area contributed by atoms with Crippen molar-refractivity contribution >= 4 is 80.0 Å². The van der Waals surface area contributed by atoms with Gasteiger partial charge in [-0.25, -0.2) is 9.97 Å². The van der Waals surface area contributed by atoms with Crippen molar-refractivity contribution in [1.29, 1.82) is 0 Å². The lowest BCUT2D eigenvalue weighted by Crippen LogP contribution is -2.50. The number of hydrogen-bond acceptors (Lipinski definition) is 5. The molecule has 0 spiro atoms. The Bertz CT molecular complexity index is 2340. The van der Waals surface area contributed by atoms with Crippen LogP contribution >= 0.6 is 46.4 Å². The van der Waals surface area contributed by atoms with Crippen molar-refractivity contribution in [2.24, 2.45) is 0 Å². The standard InChI is InChI=1S/C40H33Cl4N5O2/c1-23-35(29-7-3-5-9-33(29)46-37(23)27-13-11-25(41)21-31(27)43)39(50)45-15-16-48-17-19-49(20-18-48)40(51)36-24(2)38(28-14-12-26(42)22-32(28)44)47-34-10-6-4-8-30(34)36/h3-14,21-22H,15-20H2,1-2H3,(H,45,50). The summed E-state index contributed by atoms with van der Waals surface area (Å²) in [6.07, 6.45) is 0. The minimum atomic E-state index is -0.178. The van der Waals surface area contributed by atoms with Crippen molar-refractivity contribution < 1.29 is 9.59 Å². The van der Waals surface area contributed by atoms with Crippen LogP contribution in [-0.4, -0.2) is 70.9 Å². The van der Waals surface area contributed by atoms with Gasteiger partial charge < -0.3 is 10.2 Å². The number of rotatable bonds is 7. The van der Waals surface area contributed by atoms with Crippen molar-refractivity contribution in [1.82, 2.24) is 25.1 Å². The van der Waals surface area contributed by atoms with E-state index in [1.165, 1.54) is 0 Å². The molecule has 1 N–H and O–H groups in total. The third-order valence-corrected chi connectivity index (χ3v) is 10.6. The maximum Gasteiger partial charge on any atom is 0.254 e. The summed E-state index contributed by atoms with van der Waals surface area (Å²) in [7, 11) is 0. The zero-order valence-electron chi connectivity index (χ0n) is 27.9. The van der Waals surface area contributed by atoms with Gasteiger partial charge in [-0.3, -0.25) is 14.5 Å². The van der Waals surface area contributed by atoms with E-state index in [1.807, 2.05) is 79.4 Å². The van der Waals surface area contributed by atoms with Crippen LogP contribution in [0, 0.1) is 13.8 Å². The Balaban J connectivity index is 1.05. The van der Waals surface area contributed by atoms with Gasteiger partial charge in [0, 0.05) is 71.2 Å². The van der Waals surface area contributed by atoms with E-state index in [1.54, 1.807) is 24.3 Å². The van der Waals surface area contributed by atoms with Crippen molar-refractivity contribution in [2.45, 2.75) is 13.8 Å². The number of amides is 2. The van der Waals surface area contributed by atoms with Crippen LogP contribution < -0.4 is 5.32 Å². The predicted octanol–water partition coefficient (Wildman–Crippen LogP) is 9.54. The Morgan fingerprint density at radius 2 is 1.16 bits per heavy atom. The van der Waals surface area contributed by atoms with Gasteiger partial charge in [0.25, 0.3) is 11.8 Å². The van der Waals surface area contributed by atoms with Gasteiger partial charge in [-0.05, 0) is 73.5 Å². The third-order valence-electron chi connectivity index (χ3n) is 9.46. The number of fused-ring (bicyclic) bond motifs is 2. The van der Waals surface area contributed by atoms with Gasteiger partial charge in [0.2, 0.25) is 0 Å². The molecule has 7 rings (SSSR count). The molecule has 1 aliphatic rings. The van der Waals surface area contributed by atoms with Gasteiger partial charge in [-0.15, -0.1) is 0 Å². The van der Waals surface area contributed by atoms with Crippen LogP contribution in [0.25, 0.3) is 44.3 Å². The average molecular weight is 758 g/mol. The number of carbonyl (C=O) groups excluding carboxylic acids is 2. The SMILES string of the molecule is Cc1c(-c2ccc(Cl)cc2Cl)nc2ccccc2c1C(=O)NCCN1CCN(C(=O)c2c(C)c(-c3ccc(Cl)cc3Cl)nc3ccccc23)CC1. The molecule has 0 aliphatic carbocycles. The van der Waals surface area contributed by atoms with Crippen LogP contribution in [-0.2, 0) is 0 Å². The topological polar surface area (TPSA) is 78.4 Å². The summed E-state index contributed by atoms with van der Waals surface area (Å²) in [5.74, 6) is -0.218. The molecule has 2 amide bonds. The number of halogens is 4. The van der Waals surface area contributed by atoms with Gasteiger partial charge >= 0.3 is 0 Å². The van der Waals surface area contributed by atoms with Crippen LogP contribution in [0.4, 0.5) is 0 Å². The first kappa shape index (κ1) is 35.2. The smallest absolute Gasteiger partial charge is 0.254 e. The Labute approximate surface area is 316 Å². The monoisotopic (exact) mass is 755 g/mol. The molecule has 0 saturated carbocycles. The number of pyridine rings is 2. The first-order valence-corrected chi connectivity index (χ1v) is 18.1. The number of hydrogen-bond donors (Lipinski definition) is 1. The molecule has 0 atom stereocenters. The minimum Gasteiger partial charge on any atom is -0.351 e. The first-order chi connectivity index (χ1) is 24.6. The van der Waals surface area contributed by atoms with Crippen molar-refractivity contribution in [2.75, 3.05) is 39.3 Å². The van der Waals surface area contributed by atoms with E-state index in [0.717, 1.165) is 33.0 Å². The fraction of sp³-hybridized carbons (Fsp3) is 0.200. The van der Waals surface area contributed by atoms with E-state index in [2.05, 4.69) is 10.2 Å². The highest BCUT2D eigenvalue weighted by atomic mass is 35.5. The van der Waals surface area contributed by atoms with Crippen LogP contribution in [0.5, 0.6) is 0 Å². The molecule has 1 saturated heterocycles. The highest BCUT2D eigenvalue weighted by Gasteiger charge is 2.27. The molecule has 0 bridgehead atoms. The number of benzene rings is 4. The van der Waals surface area contributed by atoms with Crippen LogP contribution in [0.2, 0.25) is 20.1 Å². The molecule has 1 aliphatic heterocycles. The molecule has 2 aromatic heterocycles. The molecular formula is C40H33Cl4N5O2. The molecule has 4 aromatic carbocycles. The van der Waals surface area contributed by atoms with Gasteiger partial charge in [-0.2, -0.15) is 0 Å². The first-order valence-electron chi connectivity index (χ1n) is 16.6. The molecule has 51 heavy (non-hydrogen) atoms. The summed E-state index contributed by atoms with van der Waals surface area (Å²) in [6.45, 7) is 7.37. The number of nitrogens with zero attached hydrogens (tertiary/aromatic N) is 4. The molecule has 0 unspecified atom stereocenters. The lowest BCUT2D eigenvalue weighted by Gasteiger charge is -2.35. The summed E-state index contributed by atoms with van der Waals surface area (Å²) < 4.78 is 0. The van der Waals surface area contributed by atoms with Gasteiger partial charge in [0.05, 0.1) is 43.6 Å². The van der Waals surface area contributed by atoms with E-state index in [0.29, 0.717) is 93.0 Å². The van der Waals surface area contributed by atoms with E-state index in [4.69, 9.17) is 56.4 Å². The van der Waals surface area contributed by atoms with Crippen molar-refractivity contribution in [3.63, 3.8) is 0 Å². The van der Waals surface area contributed by atoms with E-state index < -0.39 is 0 Å². The average Bonchev–Trinajstić information content (AvgIpc) is 3.11. The Kier molecular flexibility index (Phi) is 10.2. The summed E-state index contributed by atoms with van der Waals surface area (Å²) in [6, 6.07) is 25.9. The lowest BCUT2D eigenvalue weighted by atomic mass is 9.96. The second-order valence-electron chi connectivity index (χ2n) is 12.6. The molecule has 3 heterocycles. The Morgan fingerprint density at radius 3 is 1.69 bits per heavy atom. The summed E-state index contributed by atoms with van der Waals surface area (Å²) in [4.78, 5) is 41.9. The fourth-order valence-electron chi connectivity index (χ4n) is 6.82. The zero-order chi connectivity index (χ0) is 35.8. The largest absolute Gasteiger partial charge is 0.351 e. The maximum atomic E-state index is 14.2. The fourth-order valence-corrected chi connectivity index (χ4v) is 7.81. The van der Waals surface area contributed by atoms with Crippen LogP contribution in [0.15, 0.2) is 84.9 Å². The second kappa shape index (κ2) is 14.8. The molecule has 1 fully saturated rings. The normalized spacial score (nSPS) is 13.6. The number of nitrogens with one attached hydrogen (secondary N) is 1. The molecule has 258 valence electrons. The van der Waals surface area contributed by atoms with E-state index in [-0.39, 0.29) is 11.8 Å². The predicted molar refractivity (Wildman–Crippen MR) is 209 cm³/mol. The number of para-hydroxylation sites is 2. The zero-order valence-corrected chi connectivity index (χ0v) is 31.0. The van der Waals surface area contributed by atoms with E-state index in [9.17, 15) is 9.59 Å². The van der Waals surface area contributed by atoms with E-state index >= 15 is 0 Å². The highest BCUT2D eigenvalue weighted by molar-refractivity contribution is 6.37. The molecular weight excluding hydrogens is 724 g/mol. The van der Waals surface area contributed by atoms with Crippen molar-refractivity contribution in [3.8, 4) is 22.5 Å².